The van der Waals surface area contributed by atoms with Crippen LogP contribution in [0.5, 0.6) is 5.75 Å². The summed E-state index contributed by atoms with van der Waals surface area (Å²) in [6.45, 7) is 2.50. The molecule has 0 bridgehead atoms. The average Bonchev–Trinajstić information content (AvgIpc) is 2.48. The zero-order valence-electron chi connectivity index (χ0n) is 15.5. The van der Waals surface area contributed by atoms with Gasteiger partial charge in [0, 0.05) is 32.0 Å². The van der Waals surface area contributed by atoms with Gasteiger partial charge in [0.2, 0.25) is 0 Å². The van der Waals surface area contributed by atoms with Crippen LogP contribution in [0.15, 0.2) is 23.2 Å². The number of aryl methyl sites for hydroxylation is 1. The van der Waals surface area contributed by atoms with Gasteiger partial charge in [-0.25, -0.2) is 8.42 Å². The summed E-state index contributed by atoms with van der Waals surface area (Å²) in [5, 5.41) is 5.90. The van der Waals surface area contributed by atoms with Gasteiger partial charge in [-0.2, -0.15) is 8.78 Å². The maximum absolute atomic E-state index is 12.5. The van der Waals surface area contributed by atoms with Crippen molar-refractivity contribution in [3.05, 3.63) is 29.3 Å². The highest BCUT2D eigenvalue weighted by Crippen LogP contribution is 2.22. The Hall–Kier alpha value is -1.17. The Kier molecular flexibility index (Phi) is 9.78. The molecule has 1 aromatic carbocycles. The molecule has 0 aliphatic heterocycles. The number of hydrogen-bond donors (Lipinski definition) is 2. The number of nitrogens with one attached hydrogen (secondary N) is 2. The Morgan fingerprint density at radius 3 is 2.42 bits per heavy atom. The quantitative estimate of drug-likeness (QED) is 0.339. The number of halogens is 3. The van der Waals surface area contributed by atoms with E-state index in [0.717, 1.165) is 5.56 Å². The maximum Gasteiger partial charge on any atom is 0.387 e. The van der Waals surface area contributed by atoms with E-state index in [1.54, 1.807) is 26.0 Å². The molecular formula is C16H26F2IN3O3S. The highest BCUT2D eigenvalue weighted by atomic mass is 127. The molecule has 6 nitrogen and oxygen atoms in total. The number of rotatable bonds is 7. The second-order valence-corrected chi connectivity index (χ2v) is 8.95. The van der Waals surface area contributed by atoms with E-state index in [4.69, 9.17) is 0 Å². The summed E-state index contributed by atoms with van der Waals surface area (Å²) in [4.78, 5) is 4.01. The van der Waals surface area contributed by atoms with Crippen LogP contribution in [0.3, 0.4) is 0 Å². The number of sulfone groups is 1. The smallest absolute Gasteiger partial charge is 0.387 e. The SMILES string of the molecule is CN=C(NCc1cc(C)ccc1OC(F)F)NCC(C)(C)S(C)(=O)=O.I. The van der Waals surface area contributed by atoms with Crippen molar-refractivity contribution in [2.75, 3.05) is 19.8 Å². The van der Waals surface area contributed by atoms with Crippen molar-refractivity contribution in [2.45, 2.75) is 38.7 Å². The molecule has 1 rings (SSSR count). The van der Waals surface area contributed by atoms with Gasteiger partial charge in [-0.15, -0.1) is 24.0 Å². The number of aliphatic imine (C=N–C) groups is 1. The summed E-state index contributed by atoms with van der Waals surface area (Å²) in [6.07, 6.45) is 1.17. The molecule has 0 heterocycles. The van der Waals surface area contributed by atoms with Crippen LogP contribution in [0.4, 0.5) is 8.78 Å². The van der Waals surface area contributed by atoms with Crippen molar-refractivity contribution in [3.63, 3.8) is 0 Å². The second kappa shape index (κ2) is 10.2. The van der Waals surface area contributed by atoms with Crippen LogP contribution in [0, 0.1) is 6.92 Å². The van der Waals surface area contributed by atoms with Crippen LogP contribution < -0.4 is 15.4 Å². The second-order valence-electron chi connectivity index (χ2n) is 6.30. The molecule has 0 unspecified atom stereocenters. The van der Waals surface area contributed by atoms with Gasteiger partial charge in [-0.1, -0.05) is 17.7 Å². The topological polar surface area (TPSA) is 79.8 Å². The predicted octanol–water partition coefficient (Wildman–Crippen LogP) is 2.70. The molecule has 0 aliphatic rings. The van der Waals surface area contributed by atoms with Crippen molar-refractivity contribution >= 4 is 39.8 Å². The third-order valence-corrected chi connectivity index (χ3v) is 5.94. The fourth-order valence-corrected chi connectivity index (χ4v) is 2.22. The van der Waals surface area contributed by atoms with E-state index in [-0.39, 0.29) is 42.8 Å². The first-order valence-electron chi connectivity index (χ1n) is 7.65. The first-order chi connectivity index (χ1) is 11.5. The molecule has 10 heteroatoms. The van der Waals surface area contributed by atoms with Crippen LogP contribution in [-0.2, 0) is 16.4 Å². The number of nitrogens with zero attached hydrogens (tertiary/aromatic N) is 1. The molecule has 0 atom stereocenters. The maximum atomic E-state index is 12.5. The first-order valence-corrected chi connectivity index (χ1v) is 9.54. The Morgan fingerprint density at radius 1 is 1.31 bits per heavy atom. The van der Waals surface area contributed by atoms with Crippen molar-refractivity contribution in [3.8, 4) is 5.75 Å². The van der Waals surface area contributed by atoms with Crippen LogP contribution in [0.2, 0.25) is 0 Å². The number of ether oxygens (including phenoxy) is 1. The van der Waals surface area contributed by atoms with E-state index < -0.39 is 21.2 Å². The van der Waals surface area contributed by atoms with Crippen LogP contribution >= 0.6 is 24.0 Å². The summed E-state index contributed by atoms with van der Waals surface area (Å²) in [5.74, 6) is 0.446. The summed E-state index contributed by atoms with van der Waals surface area (Å²) in [7, 11) is -1.71. The monoisotopic (exact) mass is 505 g/mol. The van der Waals surface area contributed by atoms with Gasteiger partial charge in [0.05, 0.1) is 4.75 Å². The lowest BCUT2D eigenvalue weighted by Gasteiger charge is -2.24. The number of hydrogen-bond acceptors (Lipinski definition) is 4. The Labute approximate surface area is 170 Å². The zero-order valence-corrected chi connectivity index (χ0v) is 18.6. The normalized spacial score (nSPS) is 12.5. The third kappa shape index (κ3) is 7.60. The summed E-state index contributed by atoms with van der Waals surface area (Å²) >= 11 is 0. The number of alkyl halides is 2. The van der Waals surface area contributed by atoms with Crippen LogP contribution in [0.25, 0.3) is 0 Å². The van der Waals surface area contributed by atoms with Crippen molar-refractivity contribution in [2.24, 2.45) is 4.99 Å². The minimum atomic E-state index is -3.25. The van der Waals surface area contributed by atoms with Gasteiger partial charge in [-0.05, 0) is 26.8 Å². The molecule has 0 saturated heterocycles. The Balaban J connectivity index is 0.00000625. The standard InChI is InChI=1S/C16H25F2N3O3S.HI/c1-11-6-7-13(24-14(17)18)12(8-11)9-20-15(19-4)21-10-16(2,3)25(5,22)23;/h6-8,14H,9-10H2,1-5H3,(H2,19,20,21);1H. The molecule has 0 radical (unpaired) electrons. The van der Waals surface area contributed by atoms with Crippen LogP contribution in [0.1, 0.15) is 25.0 Å². The van der Waals surface area contributed by atoms with Crippen LogP contribution in [-0.4, -0.2) is 45.6 Å². The molecule has 1 aromatic rings. The lowest BCUT2D eigenvalue weighted by molar-refractivity contribution is -0.0504. The van der Waals surface area contributed by atoms with Gasteiger partial charge in [0.15, 0.2) is 15.8 Å². The number of benzene rings is 1. The molecule has 0 spiro atoms. The lowest BCUT2D eigenvalue weighted by Crippen LogP contribution is -2.47. The van der Waals surface area contributed by atoms with Crippen molar-refractivity contribution in [1.29, 1.82) is 0 Å². The van der Waals surface area contributed by atoms with Crippen molar-refractivity contribution in [1.82, 2.24) is 10.6 Å². The third-order valence-electron chi connectivity index (χ3n) is 3.79. The predicted molar refractivity (Wildman–Crippen MR) is 110 cm³/mol. The largest absolute Gasteiger partial charge is 0.434 e. The molecule has 0 fully saturated rings. The summed E-state index contributed by atoms with van der Waals surface area (Å²) < 4.78 is 52.0. The molecule has 150 valence electrons. The van der Waals surface area contributed by atoms with E-state index in [1.807, 2.05) is 6.92 Å². The fourth-order valence-electron chi connectivity index (χ4n) is 1.88. The van der Waals surface area contributed by atoms with Crippen molar-refractivity contribution < 1.29 is 21.9 Å². The van der Waals surface area contributed by atoms with E-state index in [1.165, 1.54) is 19.4 Å². The minimum absolute atomic E-state index is 0. The Bertz CT molecular complexity index is 725. The highest BCUT2D eigenvalue weighted by molar-refractivity contribution is 14.0. The molecule has 0 amide bonds. The highest BCUT2D eigenvalue weighted by Gasteiger charge is 2.30. The van der Waals surface area contributed by atoms with E-state index in [0.29, 0.717) is 11.5 Å². The van der Waals surface area contributed by atoms with Gasteiger partial charge in [-0.3, -0.25) is 4.99 Å². The molecule has 0 aromatic heterocycles. The van der Waals surface area contributed by atoms with Gasteiger partial charge >= 0.3 is 6.61 Å². The van der Waals surface area contributed by atoms with Gasteiger partial charge in [0.25, 0.3) is 0 Å². The summed E-state index contributed by atoms with van der Waals surface area (Å²) in [6, 6.07) is 4.91. The number of guanidine groups is 1. The molecule has 0 saturated carbocycles. The fraction of sp³-hybridized carbons (Fsp3) is 0.562. The molecule has 0 aliphatic carbocycles. The van der Waals surface area contributed by atoms with E-state index >= 15 is 0 Å². The van der Waals surface area contributed by atoms with E-state index in [9.17, 15) is 17.2 Å². The lowest BCUT2D eigenvalue weighted by atomic mass is 10.1. The zero-order chi connectivity index (χ0) is 19.3. The van der Waals surface area contributed by atoms with Gasteiger partial charge < -0.3 is 15.4 Å². The molecule has 2 N–H and O–H groups in total. The van der Waals surface area contributed by atoms with E-state index in [2.05, 4.69) is 20.4 Å². The molecule has 26 heavy (non-hydrogen) atoms. The van der Waals surface area contributed by atoms with Gasteiger partial charge in [0.1, 0.15) is 5.75 Å². The minimum Gasteiger partial charge on any atom is -0.434 e. The first kappa shape index (κ1) is 24.8. The average molecular weight is 505 g/mol. The summed E-state index contributed by atoms with van der Waals surface area (Å²) in [5.41, 5.74) is 1.45. The Morgan fingerprint density at radius 2 is 1.92 bits per heavy atom. The molecular weight excluding hydrogens is 479 g/mol.